The van der Waals surface area contributed by atoms with Gasteiger partial charge in [0.2, 0.25) is 10.0 Å². The molecule has 0 aliphatic carbocycles. The lowest BCUT2D eigenvalue weighted by Gasteiger charge is -2.33. The second kappa shape index (κ2) is 7.95. The number of nitrogens with zero attached hydrogens (tertiary/aromatic N) is 1. The van der Waals surface area contributed by atoms with E-state index in [-0.39, 0.29) is 24.3 Å². The molecule has 0 bridgehead atoms. The fourth-order valence-corrected chi connectivity index (χ4v) is 4.05. The van der Waals surface area contributed by atoms with Gasteiger partial charge in [-0.1, -0.05) is 6.92 Å². The Balaban J connectivity index is 2.33. The van der Waals surface area contributed by atoms with E-state index in [9.17, 15) is 13.2 Å². The summed E-state index contributed by atoms with van der Waals surface area (Å²) < 4.78 is 25.4. The van der Waals surface area contributed by atoms with Crippen LogP contribution in [0.25, 0.3) is 0 Å². The number of carbonyl (C=O) groups is 1. The third kappa shape index (κ3) is 5.76. The zero-order chi connectivity index (χ0) is 15.2. The van der Waals surface area contributed by atoms with Gasteiger partial charge in [0.25, 0.3) is 0 Å². The number of piperidine rings is 1. The first-order valence-electron chi connectivity index (χ1n) is 7.30. The smallest absolute Gasteiger partial charge is 0.303 e. The molecule has 1 unspecified atom stereocenters. The van der Waals surface area contributed by atoms with Gasteiger partial charge in [0.1, 0.15) is 0 Å². The number of hydrogen-bond donors (Lipinski definition) is 2. The van der Waals surface area contributed by atoms with Crippen molar-refractivity contribution >= 4 is 16.0 Å². The van der Waals surface area contributed by atoms with Gasteiger partial charge in [-0.05, 0) is 32.6 Å². The normalized spacial score (nSPS) is 19.9. The van der Waals surface area contributed by atoms with Gasteiger partial charge < -0.3 is 10.4 Å². The zero-order valence-corrected chi connectivity index (χ0v) is 13.2. The van der Waals surface area contributed by atoms with Crippen molar-refractivity contribution in [3.63, 3.8) is 0 Å². The highest BCUT2D eigenvalue weighted by Gasteiger charge is 2.27. The Morgan fingerprint density at radius 2 is 2.00 bits per heavy atom. The molecule has 0 amide bonds. The van der Waals surface area contributed by atoms with Crippen LogP contribution >= 0.6 is 0 Å². The molecule has 0 aromatic rings. The SMILES string of the molecule is CCCS(=O)(=O)N1CCC(NC(C)CCC(=O)O)CC1. The van der Waals surface area contributed by atoms with Crippen molar-refractivity contribution in [3.8, 4) is 0 Å². The van der Waals surface area contributed by atoms with E-state index in [4.69, 9.17) is 5.11 Å². The second-order valence-corrected chi connectivity index (χ2v) is 7.58. The minimum absolute atomic E-state index is 0.148. The highest BCUT2D eigenvalue weighted by atomic mass is 32.2. The lowest BCUT2D eigenvalue weighted by Crippen LogP contribution is -2.47. The Hall–Kier alpha value is -0.660. The number of carboxylic acid groups (broad SMARTS) is 1. The average molecular weight is 306 g/mol. The maximum atomic E-state index is 11.9. The van der Waals surface area contributed by atoms with Crippen molar-refractivity contribution in [3.05, 3.63) is 0 Å². The summed E-state index contributed by atoms with van der Waals surface area (Å²) in [6.07, 6.45) is 3.00. The van der Waals surface area contributed by atoms with Crippen LogP contribution in [0.5, 0.6) is 0 Å². The molecular formula is C13H26N2O4S. The number of hydrogen-bond acceptors (Lipinski definition) is 4. The molecule has 7 heteroatoms. The van der Waals surface area contributed by atoms with Crippen LogP contribution in [-0.4, -0.2) is 54.7 Å². The molecule has 1 saturated heterocycles. The summed E-state index contributed by atoms with van der Waals surface area (Å²) in [5, 5.41) is 12.0. The maximum Gasteiger partial charge on any atom is 0.303 e. The second-order valence-electron chi connectivity index (χ2n) is 5.49. The number of nitrogens with one attached hydrogen (secondary N) is 1. The van der Waals surface area contributed by atoms with E-state index in [1.54, 1.807) is 4.31 Å². The molecule has 2 N–H and O–H groups in total. The molecule has 1 rings (SSSR count). The van der Waals surface area contributed by atoms with E-state index >= 15 is 0 Å². The van der Waals surface area contributed by atoms with Crippen LogP contribution in [0.1, 0.15) is 46.0 Å². The summed E-state index contributed by atoms with van der Waals surface area (Å²) in [7, 11) is -3.08. The van der Waals surface area contributed by atoms with Gasteiger partial charge in [0.05, 0.1) is 5.75 Å². The third-order valence-electron chi connectivity index (χ3n) is 3.62. The first kappa shape index (κ1) is 17.4. The van der Waals surface area contributed by atoms with Gasteiger partial charge in [-0.2, -0.15) is 0 Å². The number of aliphatic carboxylic acids is 1. The molecule has 0 saturated carbocycles. The Kier molecular flexibility index (Phi) is 6.91. The van der Waals surface area contributed by atoms with E-state index < -0.39 is 16.0 Å². The maximum absolute atomic E-state index is 11.9. The van der Waals surface area contributed by atoms with Gasteiger partial charge in [-0.25, -0.2) is 12.7 Å². The summed E-state index contributed by atoms with van der Waals surface area (Å²) in [5.74, 6) is -0.556. The third-order valence-corrected chi connectivity index (χ3v) is 5.70. The lowest BCUT2D eigenvalue weighted by molar-refractivity contribution is -0.137. The summed E-state index contributed by atoms with van der Waals surface area (Å²) in [6.45, 7) is 4.97. The van der Waals surface area contributed by atoms with Crippen LogP contribution < -0.4 is 5.32 Å². The van der Waals surface area contributed by atoms with E-state index in [1.165, 1.54) is 0 Å². The first-order chi connectivity index (χ1) is 9.35. The Bertz CT molecular complexity index is 403. The van der Waals surface area contributed by atoms with Crippen LogP contribution in [-0.2, 0) is 14.8 Å². The van der Waals surface area contributed by atoms with Gasteiger partial charge in [-0.3, -0.25) is 4.79 Å². The van der Waals surface area contributed by atoms with Crippen LogP contribution in [0.2, 0.25) is 0 Å². The Labute approximate surface area is 121 Å². The van der Waals surface area contributed by atoms with Crippen LogP contribution in [0.3, 0.4) is 0 Å². The fourth-order valence-electron chi connectivity index (χ4n) is 2.51. The molecule has 1 atom stereocenters. The molecule has 0 spiro atoms. The Morgan fingerprint density at radius 1 is 1.40 bits per heavy atom. The fraction of sp³-hybridized carbons (Fsp3) is 0.923. The van der Waals surface area contributed by atoms with E-state index in [0.717, 1.165) is 12.8 Å². The molecule has 1 fully saturated rings. The molecule has 1 aliphatic heterocycles. The van der Waals surface area contributed by atoms with Gasteiger partial charge in [-0.15, -0.1) is 0 Å². The molecule has 20 heavy (non-hydrogen) atoms. The molecule has 1 heterocycles. The molecule has 6 nitrogen and oxygen atoms in total. The lowest BCUT2D eigenvalue weighted by atomic mass is 10.0. The van der Waals surface area contributed by atoms with Crippen molar-refractivity contribution in [1.29, 1.82) is 0 Å². The predicted octanol–water partition coefficient (Wildman–Crippen LogP) is 1.03. The molecule has 0 aromatic carbocycles. The monoisotopic (exact) mass is 306 g/mol. The van der Waals surface area contributed by atoms with Gasteiger partial charge in [0, 0.05) is 31.6 Å². The molecule has 0 aromatic heterocycles. The van der Waals surface area contributed by atoms with Crippen molar-refractivity contribution < 1.29 is 18.3 Å². The largest absolute Gasteiger partial charge is 0.481 e. The van der Waals surface area contributed by atoms with Gasteiger partial charge in [0.15, 0.2) is 0 Å². The average Bonchev–Trinajstić information content (AvgIpc) is 2.37. The highest BCUT2D eigenvalue weighted by molar-refractivity contribution is 7.89. The minimum atomic E-state index is -3.08. The van der Waals surface area contributed by atoms with Crippen LogP contribution in [0.4, 0.5) is 0 Å². The summed E-state index contributed by atoms with van der Waals surface area (Å²) in [6, 6.07) is 0.432. The molecule has 118 valence electrons. The number of carboxylic acids is 1. The summed E-state index contributed by atoms with van der Waals surface area (Å²) in [4.78, 5) is 10.5. The van der Waals surface area contributed by atoms with Gasteiger partial charge >= 0.3 is 5.97 Å². The molecule has 0 radical (unpaired) electrons. The molecule has 1 aliphatic rings. The minimum Gasteiger partial charge on any atom is -0.481 e. The number of rotatable bonds is 8. The van der Waals surface area contributed by atoms with Crippen LogP contribution in [0.15, 0.2) is 0 Å². The number of sulfonamides is 1. The topological polar surface area (TPSA) is 86.7 Å². The van der Waals surface area contributed by atoms with Crippen molar-refractivity contribution in [2.75, 3.05) is 18.8 Å². The standard InChI is InChI=1S/C13H26N2O4S/c1-3-10-20(18,19)15-8-6-12(7-9-15)14-11(2)4-5-13(16)17/h11-12,14H,3-10H2,1-2H3,(H,16,17). The molecular weight excluding hydrogens is 280 g/mol. The quantitative estimate of drug-likeness (QED) is 0.699. The van der Waals surface area contributed by atoms with E-state index in [1.807, 2.05) is 13.8 Å². The first-order valence-corrected chi connectivity index (χ1v) is 8.91. The van der Waals surface area contributed by atoms with Crippen LogP contribution in [0, 0.1) is 0 Å². The summed E-state index contributed by atoms with van der Waals surface area (Å²) >= 11 is 0. The zero-order valence-electron chi connectivity index (χ0n) is 12.3. The van der Waals surface area contributed by atoms with E-state index in [0.29, 0.717) is 25.9 Å². The Morgan fingerprint density at radius 3 is 2.50 bits per heavy atom. The highest BCUT2D eigenvalue weighted by Crippen LogP contribution is 2.16. The predicted molar refractivity (Wildman–Crippen MR) is 78.1 cm³/mol. The van der Waals surface area contributed by atoms with Crippen molar-refractivity contribution in [2.45, 2.75) is 58.0 Å². The summed E-state index contributed by atoms with van der Waals surface area (Å²) in [5.41, 5.74) is 0. The van der Waals surface area contributed by atoms with E-state index in [2.05, 4.69) is 5.32 Å². The van der Waals surface area contributed by atoms with Crippen molar-refractivity contribution in [2.24, 2.45) is 0 Å². The van der Waals surface area contributed by atoms with Crippen molar-refractivity contribution in [1.82, 2.24) is 9.62 Å².